The number of likely N-dealkylation sites (N-methyl/N-ethyl adjacent to an activating group) is 1. The van der Waals surface area contributed by atoms with Gasteiger partial charge in [-0.05, 0) is 122 Å². The van der Waals surface area contributed by atoms with Gasteiger partial charge in [-0.15, -0.1) is 0 Å². The summed E-state index contributed by atoms with van der Waals surface area (Å²) in [4.78, 5) is 37.8. The van der Waals surface area contributed by atoms with Crippen molar-refractivity contribution in [1.82, 2.24) is 0 Å². The van der Waals surface area contributed by atoms with Gasteiger partial charge < -0.3 is 28.5 Å². The van der Waals surface area contributed by atoms with Crippen LogP contribution < -0.4 is 0 Å². The molecule has 0 saturated carbocycles. The van der Waals surface area contributed by atoms with Gasteiger partial charge in [-0.25, -0.2) is 4.79 Å². The Morgan fingerprint density at radius 1 is 0.303 bits per heavy atom. The number of carbonyl (C=O) groups is 3. The summed E-state index contributed by atoms with van der Waals surface area (Å²) < 4.78 is 23.1. The lowest BCUT2D eigenvalue weighted by molar-refractivity contribution is -0.870. The van der Waals surface area contributed by atoms with Crippen LogP contribution in [0.1, 0.15) is 335 Å². The van der Waals surface area contributed by atoms with Crippen LogP contribution in [0.4, 0.5) is 0 Å². The monoisotopic (exact) mass is 1380 g/mol. The number of esters is 2. The molecule has 2 unspecified atom stereocenters. The molecule has 0 aliphatic rings. The average molecular weight is 1380 g/mol. The Morgan fingerprint density at radius 2 is 0.545 bits per heavy atom. The first-order valence-corrected chi connectivity index (χ1v) is 40.6. The SMILES string of the molecule is CC/C=C\C/C=C\C/C=C\C/C=C\C/C=C\C/C=C\C/C=C\CCCCCCCCCCCCCCCCCCCC(=O)OC(COC(=O)CCCCCCCCCCCCCCCCCC/C=C\C/C=C\C/C=C\C/C=C\C/C=C\C/C=C\CC)COC(OCC[N+](C)(C)C)C(=O)O. The van der Waals surface area contributed by atoms with E-state index in [2.05, 4.69) is 172 Å². The molecule has 9 nitrogen and oxygen atoms in total. The highest BCUT2D eigenvalue weighted by molar-refractivity contribution is 5.71. The van der Waals surface area contributed by atoms with Crippen LogP contribution in [0.15, 0.2) is 158 Å². The topological polar surface area (TPSA) is 108 Å². The molecular weight excluding hydrogens is 1220 g/mol. The fraction of sp³-hybridized carbons (Fsp3) is 0.678. The second kappa shape index (κ2) is 78.6. The summed E-state index contributed by atoms with van der Waals surface area (Å²) in [5, 5.41) is 9.78. The summed E-state index contributed by atoms with van der Waals surface area (Å²) in [7, 11) is 5.98. The van der Waals surface area contributed by atoms with Crippen LogP contribution in [0.2, 0.25) is 0 Å². The number of quaternary nitrogens is 1. The highest BCUT2D eigenvalue weighted by Crippen LogP contribution is 2.18. The Bertz CT molecular complexity index is 2200. The van der Waals surface area contributed by atoms with Crippen molar-refractivity contribution >= 4 is 17.9 Å². The summed E-state index contributed by atoms with van der Waals surface area (Å²) >= 11 is 0. The minimum Gasteiger partial charge on any atom is -0.477 e. The summed E-state index contributed by atoms with van der Waals surface area (Å²) in [5.41, 5.74) is 0. The molecule has 0 aromatic carbocycles. The number of rotatable bonds is 74. The quantitative estimate of drug-likeness (QED) is 0.0211. The molecule has 99 heavy (non-hydrogen) atoms. The molecule has 0 aromatic rings. The molecule has 0 aliphatic heterocycles. The van der Waals surface area contributed by atoms with Crippen LogP contribution in [0.3, 0.4) is 0 Å². The average Bonchev–Trinajstić information content (AvgIpc) is 1.14. The molecule has 9 heteroatoms. The first-order valence-electron chi connectivity index (χ1n) is 40.6. The number of unbranched alkanes of at least 4 members (excludes halogenated alkanes) is 33. The molecule has 0 radical (unpaired) electrons. The minimum atomic E-state index is -1.52. The Hall–Kier alpha value is -5.09. The van der Waals surface area contributed by atoms with E-state index in [1.54, 1.807) is 0 Å². The molecule has 0 saturated heterocycles. The minimum absolute atomic E-state index is 0.184. The zero-order valence-corrected chi connectivity index (χ0v) is 64.6. The second-order valence-electron chi connectivity index (χ2n) is 28.0. The number of ether oxygens (including phenoxy) is 4. The van der Waals surface area contributed by atoms with Crippen molar-refractivity contribution in [3.63, 3.8) is 0 Å². The zero-order chi connectivity index (χ0) is 71.8. The molecule has 0 fully saturated rings. The van der Waals surface area contributed by atoms with Crippen LogP contribution in [0.25, 0.3) is 0 Å². The van der Waals surface area contributed by atoms with Crippen molar-refractivity contribution in [2.75, 3.05) is 47.5 Å². The maximum Gasteiger partial charge on any atom is 0.361 e. The van der Waals surface area contributed by atoms with Gasteiger partial charge in [0.25, 0.3) is 6.29 Å². The summed E-state index contributed by atoms with van der Waals surface area (Å²) in [5.74, 6) is -2.00. The van der Waals surface area contributed by atoms with Crippen molar-refractivity contribution in [2.24, 2.45) is 0 Å². The number of aliphatic carboxylic acids is 1. The number of allylic oxidation sites excluding steroid dienone is 26. The van der Waals surface area contributed by atoms with E-state index in [0.29, 0.717) is 17.4 Å². The predicted octanol–water partition coefficient (Wildman–Crippen LogP) is 26.4. The number of hydrogen-bond acceptors (Lipinski definition) is 7. The fourth-order valence-corrected chi connectivity index (χ4v) is 11.2. The van der Waals surface area contributed by atoms with Gasteiger partial charge in [0.15, 0.2) is 6.10 Å². The molecule has 0 rings (SSSR count). The first kappa shape index (κ1) is 93.9. The lowest BCUT2D eigenvalue weighted by atomic mass is 10.0. The third-order valence-electron chi connectivity index (χ3n) is 17.3. The third-order valence-corrected chi connectivity index (χ3v) is 17.3. The van der Waals surface area contributed by atoms with Gasteiger partial charge in [0.1, 0.15) is 13.2 Å². The Morgan fingerprint density at radius 3 is 0.808 bits per heavy atom. The van der Waals surface area contributed by atoms with Gasteiger partial charge in [-0.3, -0.25) is 9.59 Å². The van der Waals surface area contributed by atoms with Gasteiger partial charge in [0.05, 0.1) is 34.4 Å². The van der Waals surface area contributed by atoms with Crippen LogP contribution >= 0.6 is 0 Å². The van der Waals surface area contributed by atoms with E-state index in [0.717, 1.165) is 122 Å². The molecule has 0 amide bonds. The van der Waals surface area contributed by atoms with E-state index in [4.69, 9.17) is 18.9 Å². The number of carbonyl (C=O) groups excluding carboxylic acids is 2. The van der Waals surface area contributed by atoms with E-state index < -0.39 is 24.3 Å². The van der Waals surface area contributed by atoms with Crippen LogP contribution in [-0.4, -0.2) is 87.4 Å². The van der Waals surface area contributed by atoms with Gasteiger partial charge in [0.2, 0.25) is 0 Å². The van der Waals surface area contributed by atoms with Crippen molar-refractivity contribution in [1.29, 1.82) is 0 Å². The van der Waals surface area contributed by atoms with Crippen LogP contribution in [0, 0.1) is 0 Å². The van der Waals surface area contributed by atoms with Gasteiger partial charge in [-0.2, -0.15) is 0 Å². The molecule has 564 valence electrons. The molecule has 1 N–H and O–H groups in total. The Balaban J connectivity index is 4.04. The smallest absolute Gasteiger partial charge is 0.361 e. The van der Waals surface area contributed by atoms with Crippen molar-refractivity contribution in [3.05, 3.63) is 158 Å². The molecule has 2 atom stereocenters. The van der Waals surface area contributed by atoms with Gasteiger partial charge >= 0.3 is 17.9 Å². The van der Waals surface area contributed by atoms with E-state index in [9.17, 15) is 19.5 Å². The maximum atomic E-state index is 13.0. The second-order valence-corrected chi connectivity index (χ2v) is 28.0. The standard InChI is InChI=1S/C90H151NO8/c1-6-8-10-12-14-16-18-20-22-24-26-28-30-32-34-36-38-40-42-43-44-45-47-49-51-53-55-57-59-61-63-65-67-69-71-73-75-77-79-81-88(93)99-86(85-98-90(89(94)95)96-83-82-91(3,4)5)84-97-87(92)80-78-76-74-72-70-68-66-64-62-60-58-56-54-52-50-48-46-41-39-37-35-33-31-29-27-25-23-21-19-17-15-13-11-9-7-2/h8-11,14-17,20-23,26-29,32-35,38-41,43-44,86,90H,6-7,12-13,18-19,24-25,30-31,36-37,42,45-85H2,1-5H3/p+1/b10-8-,11-9-,16-14-,17-15-,22-20-,23-21-,28-26-,29-27-,34-32-,35-33-,40-38-,41-39-,44-43-. The van der Waals surface area contributed by atoms with Crippen LogP contribution in [0.5, 0.6) is 0 Å². The molecule has 0 aromatic heterocycles. The maximum absolute atomic E-state index is 13.0. The highest BCUT2D eigenvalue weighted by atomic mass is 16.7. The van der Waals surface area contributed by atoms with Crippen molar-refractivity contribution in [3.8, 4) is 0 Å². The summed E-state index contributed by atoms with van der Waals surface area (Å²) in [6.07, 6.45) is 114. The number of nitrogens with zero attached hydrogens (tertiary/aromatic N) is 1. The molecular formula is C90H152NO8+. The largest absolute Gasteiger partial charge is 0.477 e. The molecule has 0 spiro atoms. The molecule has 0 bridgehead atoms. The Kier molecular flexibility index (Phi) is 74.6. The zero-order valence-electron chi connectivity index (χ0n) is 64.6. The first-order chi connectivity index (χ1) is 48.6. The summed E-state index contributed by atoms with van der Waals surface area (Å²) in [6.45, 7) is 4.67. The summed E-state index contributed by atoms with van der Waals surface area (Å²) in [6, 6.07) is 0. The lowest BCUT2D eigenvalue weighted by Gasteiger charge is -2.25. The normalized spacial score (nSPS) is 13.5. The molecule has 0 heterocycles. The lowest BCUT2D eigenvalue weighted by Crippen LogP contribution is -2.40. The van der Waals surface area contributed by atoms with E-state index in [-0.39, 0.29) is 32.2 Å². The van der Waals surface area contributed by atoms with Crippen LogP contribution in [-0.2, 0) is 33.3 Å². The van der Waals surface area contributed by atoms with E-state index >= 15 is 0 Å². The number of hydrogen-bond donors (Lipinski definition) is 1. The van der Waals surface area contributed by atoms with E-state index in [1.807, 2.05) is 21.1 Å². The highest BCUT2D eigenvalue weighted by Gasteiger charge is 2.25. The van der Waals surface area contributed by atoms with Gasteiger partial charge in [-0.1, -0.05) is 358 Å². The fourth-order valence-electron chi connectivity index (χ4n) is 11.2. The van der Waals surface area contributed by atoms with Gasteiger partial charge in [0, 0.05) is 12.8 Å². The Labute approximate surface area is 610 Å². The predicted molar refractivity (Wildman–Crippen MR) is 428 cm³/mol. The molecule has 0 aliphatic carbocycles. The number of carboxylic acid groups (broad SMARTS) is 1. The third kappa shape index (κ3) is 80.1. The van der Waals surface area contributed by atoms with Crippen molar-refractivity contribution in [2.45, 2.75) is 347 Å². The number of carboxylic acids is 1. The van der Waals surface area contributed by atoms with E-state index in [1.165, 1.54) is 186 Å². The van der Waals surface area contributed by atoms with Crippen molar-refractivity contribution < 1.29 is 42.9 Å².